The Balaban J connectivity index is 2.10. The highest BCUT2D eigenvalue weighted by atomic mass is 79.9. The highest BCUT2D eigenvalue weighted by Crippen LogP contribution is 2.24. The van der Waals surface area contributed by atoms with Crippen molar-refractivity contribution >= 4 is 15.9 Å². The second-order valence-electron chi connectivity index (χ2n) is 4.58. The minimum Gasteiger partial charge on any atom is -0.497 e. The SMILES string of the molecule is COc1ccc(CC(O)c2ccc(Br)c(C)c2)cc1. The number of halogens is 1. The first kappa shape index (κ1) is 14.1. The fourth-order valence-electron chi connectivity index (χ4n) is 1.98. The van der Waals surface area contributed by atoms with E-state index in [-0.39, 0.29) is 0 Å². The number of ether oxygens (including phenoxy) is 1. The summed E-state index contributed by atoms with van der Waals surface area (Å²) in [5.41, 5.74) is 3.16. The molecule has 1 atom stereocenters. The molecule has 0 aliphatic rings. The summed E-state index contributed by atoms with van der Waals surface area (Å²) in [6, 6.07) is 13.7. The summed E-state index contributed by atoms with van der Waals surface area (Å²) in [6.07, 6.45) is 0.116. The van der Waals surface area contributed by atoms with E-state index in [1.807, 2.05) is 49.4 Å². The van der Waals surface area contributed by atoms with E-state index in [4.69, 9.17) is 4.74 Å². The van der Waals surface area contributed by atoms with Gasteiger partial charge in [-0.2, -0.15) is 0 Å². The van der Waals surface area contributed by atoms with E-state index >= 15 is 0 Å². The number of aliphatic hydroxyl groups is 1. The van der Waals surface area contributed by atoms with Gasteiger partial charge in [-0.15, -0.1) is 0 Å². The molecule has 0 saturated carbocycles. The van der Waals surface area contributed by atoms with Crippen molar-refractivity contribution < 1.29 is 9.84 Å². The summed E-state index contributed by atoms with van der Waals surface area (Å²) in [5.74, 6) is 0.831. The lowest BCUT2D eigenvalue weighted by Crippen LogP contribution is -2.02. The molecule has 0 heterocycles. The summed E-state index contributed by atoms with van der Waals surface area (Å²) in [5, 5.41) is 10.3. The van der Waals surface area contributed by atoms with Gasteiger partial charge < -0.3 is 9.84 Å². The molecule has 0 aliphatic heterocycles. The number of rotatable bonds is 4. The number of methoxy groups -OCH3 is 1. The molecule has 100 valence electrons. The minimum atomic E-state index is -0.486. The van der Waals surface area contributed by atoms with Crippen LogP contribution in [0.3, 0.4) is 0 Å². The fourth-order valence-corrected chi connectivity index (χ4v) is 2.22. The molecule has 2 rings (SSSR count). The quantitative estimate of drug-likeness (QED) is 0.921. The van der Waals surface area contributed by atoms with Crippen molar-refractivity contribution in [3.63, 3.8) is 0 Å². The smallest absolute Gasteiger partial charge is 0.118 e. The second-order valence-corrected chi connectivity index (χ2v) is 5.43. The Kier molecular flexibility index (Phi) is 4.61. The van der Waals surface area contributed by atoms with Crippen LogP contribution in [-0.4, -0.2) is 12.2 Å². The normalized spacial score (nSPS) is 12.2. The molecule has 2 aromatic rings. The van der Waals surface area contributed by atoms with Crippen LogP contribution in [0, 0.1) is 6.92 Å². The van der Waals surface area contributed by atoms with Crippen molar-refractivity contribution in [1.82, 2.24) is 0 Å². The van der Waals surface area contributed by atoms with Gasteiger partial charge in [0.15, 0.2) is 0 Å². The number of aliphatic hydroxyl groups excluding tert-OH is 1. The summed E-state index contributed by atoms with van der Waals surface area (Å²) < 4.78 is 6.18. The lowest BCUT2D eigenvalue weighted by Gasteiger charge is -2.13. The molecule has 0 aromatic heterocycles. The van der Waals surface area contributed by atoms with Crippen LogP contribution in [0.5, 0.6) is 5.75 Å². The largest absolute Gasteiger partial charge is 0.497 e. The molecule has 0 saturated heterocycles. The Morgan fingerprint density at radius 1 is 1.16 bits per heavy atom. The molecular weight excluding hydrogens is 304 g/mol. The first-order chi connectivity index (χ1) is 9.10. The van der Waals surface area contributed by atoms with Crippen LogP contribution in [0.2, 0.25) is 0 Å². The van der Waals surface area contributed by atoms with Crippen LogP contribution in [0.4, 0.5) is 0 Å². The highest BCUT2D eigenvalue weighted by Gasteiger charge is 2.09. The van der Waals surface area contributed by atoms with Gasteiger partial charge in [0.1, 0.15) is 5.75 Å². The van der Waals surface area contributed by atoms with Gasteiger partial charge in [0.05, 0.1) is 13.2 Å². The Morgan fingerprint density at radius 3 is 2.42 bits per heavy atom. The van der Waals surface area contributed by atoms with E-state index in [9.17, 15) is 5.11 Å². The number of benzene rings is 2. The van der Waals surface area contributed by atoms with E-state index in [1.54, 1.807) is 7.11 Å². The first-order valence-corrected chi connectivity index (χ1v) is 6.96. The van der Waals surface area contributed by atoms with Crippen molar-refractivity contribution in [3.8, 4) is 5.75 Å². The van der Waals surface area contributed by atoms with Gasteiger partial charge in [-0.3, -0.25) is 0 Å². The number of aryl methyl sites for hydroxylation is 1. The zero-order valence-corrected chi connectivity index (χ0v) is 12.6. The van der Waals surface area contributed by atoms with E-state index in [0.29, 0.717) is 6.42 Å². The fraction of sp³-hybridized carbons (Fsp3) is 0.250. The Morgan fingerprint density at radius 2 is 1.84 bits per heavy atom. The number of hydrogen-bond acceptors (Lipinski definition) is 2. The monoisotopic (exact) mass is 320 g/mol. The summed E-state index contributed by atoms with van der Waals surface area (Å²) in [7, 11) is 1.65. The molecular formula is C16H17BrO2. The molecule has 2 aromatic carbocycles. The second kappa shape index (κ2) is 6.22. The lowest BCUT2D eigenvalue weighted by atomic mass is 10.00. The Bertz CT molecular complexity index is 549. The first-order valence-electron chi connectivity index (χ1n) is 6.17. The standard InChI is InChI=1S/C16H17BrO2/c1-11-9-13(5-8-15(11)17)16(18)10-12-3-6-14(19-2)7-4-12/h3-9,16,18H,10H2,1-2H3. The van der Waals surface area contributed by atoms with Crippen LogP contribution >= 0.6 is 15.9 Å². The van der Waals surface area contributed by atoms with Gasteiger partial charge in [0, 0.05) is 10.9 Å². The summed E-state index contributed by atoms with van der Waals surface area (Å²) >= 11 is 3.47. The maximum Gasteiger partial charge on any atom is 0.118 e. The van der Waals surface area contributed by atoms with E-state index in [0.717, 1.165) is 26.9 Å². The predicted molar refractivity (Wildman–Crippen MR) is 80.5 cm³/mol. The third-order valence-electron chi connectivity index (χ3n) is 3.15. The van der Waals surface area contributed by atoms with Gasteiger partial charge in [-0.25, -0.2) is 0 Å². The Hall–Kier alpha value is -1.32. The van der Waals surface area contributed by atoms with Crippen molar-refractivity contribution in [2.45, 2.75) is 19.4 Å². The molecule has 0 amide bonds. The molecule has 0 bridgehead atoms. The van der Waals surface area contributed by atoms with E-state index in [2.05, 4.69) is 15.9 Å². The molecule has 1 unspecified atom stereocenters. The molecule has 0 aliphatic carbocycles. The van der Waals surface area contributed by atoms with Crippen LogP contribution < -0.4 is 4.74 Å². The summed E-state index contributed by atoms with van der Waals surface area (Å²) in [4.78, 5) is 0. The van der Waals surface area contributed by atoms with Crippen LogP contribution in [0.25, 0.3) is 0 Å². The van der Waals surface area contributed by atoms with Crippen molar-refractivity contribution in [2.75, 3.05) is 7.11 Å². The highest BCUT2D eigenvalue weighted by molar-refractivity contribution is 9.10. The lowest BCUT2D eigenvalue weighted by molar-refractivity contribution is 0.178. The number of hydrogen-bond donors (Lipinski definition) is 1. The van der Waals surface area contributed by atoms with Crippen molar-refractivity contribution in [1.29, 1.82) is 0 Å². The molecule has 2 nitrogen and oxygen atoms in total. The van der Waals surface area contributed by atoms with Crippen molar-refractivity contribution in [2.24, 2.45) is 0 Å². The Labute approximate surface area is 122 Å². The van der Waals surface area contributed by atoms with Gasteiger partial charge in [0.2, 0.25) is 0 Å². The van der Waals surface area contributed by atoms with Crippen LogP contribution in [0.1, 0.15) is 22.8 Å². The maximum absolute atomic E-state index is 10.3. The average Bonchev–Trinajstić information content (AvgIpc) is 2.42. The third kappa shape index (κ3) is 3.58. The average molecular weight is 321 g/mol. The van der Waals surface area contributed by atoms with Crippen LogP contribution in [0.15, 0.2) is 46.9 Å². The van der Waals surface area contributed by atoms with E-state index in [1.165, 1.54) is 0 Å². The van der Waals surface area contributed by atoms with Gasteiger partial charge in [-0.1, -0.05) is 40.2 Å². The molecule has 0 spiro atoms. The maximum atomic E-state index is 10.3. The third-order valence-corrected chi connectivity index (χ3v) is 4.04. The van der Waals surface area contributed by atoms with Crippen molar-refractivity contribution in [3.05, 3.63) is 63.6 Å². The van der Waals surface area contributed by atoms with Gasteiger partial charge in [-0.05, 0) is 41.8 Å². The molecule has 0 fully saturated rings. The van der Waals surface area contributed by atoms with Gasteiger partial charge >= 0.3 is 0 Å². The van der Waals surface area contributed by atoms with Gasteiger partial charge in [0.25, 0.3) is 0 Å². The topological polar surface area (TPSA) is 29.5 Å². The zero-order chi connectivity index (χ0) is 13.8. The van der Waals surface area contributed by atoms with Crippen LogP contribution in [-0.2, 0) is 6.42 Å². The summed E-state index contributed by atoms with van der Waals surface area (Å²) in [6.45, 7) is 2.02. The predicted octanol–water partition coefficient (Wildman–Crippen LogP) is 4.04. The molecule has 1 N–H and O–H groups in total. The van der Waals surface area contributed by atoms with E-state index < -0.39 is 6.10 Å². The minimum absolute atomic E-state index is 0.486. The molecule has 3 heteroatoms. The molecule has 19 heavy (non-hydrogen) atoms. The zero-order valence-electron chi connectivity index (χ0n) is 11.1. The molecule has 0 radical (unpaired) electrons.